The topological polar surface area (TPSA) is 82.5 Å². The third-order valence-corrected chi connectivity index (χ3v) is 2.95. The Kier molecular flexibility index (Phi) is 3.45. The normalized spacial score (nSPS) is 18.7. The van der Waals surface area contributed by atoms with Crippen LogP contribution < -0.4 is 5.32 Å². The van der Waals surface area contributed by atoms with Crippen LogP contribution in [0.2, 0.25) is 0 Å². The molecule has 1 saturated heterocycles. The summed E-state index contributed by atoms with van der Waals surface area (Å²) in [5, 5.41) is 11.6. The number of nitrogens with zero attached hydrogens (tertiary/aromatic N) is 2. The van der Waals surface area contributed by atoms with E-state index in [0.29, 0.717) is 18.7 Å². The van der Waals surface area contributed by atoms with E-state index in [1.54, 1.807) is 12.4 Å². The number of anilines is 1. The number of carbonyl (C=O) groups is 2. The molecule has 0 spiro atoms. The second-order valence-corrected chi connectivity index (χ2v) is 4.45. The van der Waals surface area contributed by atoms with E-state index in [4.69, 9.17) is 5.11 Å². The van der Waals surface area contributed by atoms with Gasteiger partial charge in [-0.05, 0) is 25.0 Å². The molecule has 1 atom stereocenters. The van der Waals surface area contributed by atoms with Gasteiger partial charge in [-0.15, -0.1) is 0 Å². The number of hydrogen-bond acceptors (Lipinski definition) is 3. The first-order valence-electron chi connectivity index (χ1n) is 5.76. The van der Waals surface area contributed by atoms with Crippen molar-refractivity contribution in [3.8, 4) is 0 Å². The fourth-order valence-corrected chi connectivity index (χ4v) is 1.97. The first-order chi connectivity index (χ1) is 8.56. The van der Waals surface area contributed by atoms with Crippen LogP contribution in [-0.4, -0.2) is 40.1 Å². The molecule has 96 valence electrons. The highest BCUT2D eigenvalue weighted by Gasteiger charge is 2.30. The first-order valence-corrected chi connectivity index (χ1v) is 5.76. The van der Waals surface area contributed by atoms with Crippen LogP contribution in [0.3, 0.4) is 0 Å². The van der Waals surface area contributed by atoms with Crippen LogP contribution in [0.1, 0.15) is 12.0 Å². The lowest BCUT2D eigenvalue weighted by Crippen LogP contribution is -2.33. The van der Waals surface area contributed by atoms with Crippen LogP contribution >= 0.6 is 0 Å². The predicted molar refractivity (Wildman–Crippen MR) is 65.3 cm³/mol. The van der Waals surface area contributed by atoms with Gasteiger partial charge in [0.2, 0.25) is 0 Å². The Morgan fingerprint density at radius 3 is 2.89 bits per heavy atom. The highest BCUT2D eigenvalue weighted by molar-refractivity contribution is 5.89. The lowest BCUT2D eigenvalue weighted by atomic mass is 10.1. The molecular formula is C12H15N3O3. The fourth-order valence-electron chi connectivity index (χ4n) is 1.97. The lowest BCUT2D eigenvalue weighted by molar-refractivity contribution is -0.141. The van der Waals surface area contributed by atoms with Gasteiger partial charge < -0.3 is 15.3 Å². The number of aromatic nitrogens is 1. The van der Waals surface area contributed by atoms with Crippen molar-refractivity contribution in [2.24, 2.45) is 5.92 Å². The summed E-state index contributed by atoms with van der Waals surface area (Å²) in [5.41, 5.74) is 1.58. The van der Waals surface area contributed by atoms with Gasteiger partial charge in [0.1, 0.15) is 0 Å². The van der Waals surface area contributed by atoms with Crippen LogP contribution in [-0.2, 0) is 4.79 Å². The number of aryl methyl sites for hydroxylation is 1. The van der Waals surface area contributed by atoms with Gasteiger partial charge in [-0.2, -0.15) is 0 Å². The Hall–Kier alpha value is -2.11. The van der Waals surface area contributed by atoms with Crippen LogP contribution in [0, 0.1) is 12.8 Å². The molecule has 6 nitrogen and oxygen atoms in total. The van der Waals surface area contributed by atoms with Crippen molar-refractivity contribution < 1.29 is 14.7 Å². The first kappa shape index (κ1) is 12.3. The summed E-state index contributed by atoms with van der Waals surface area (Å²) in [6.07, 6.45) is 3.77. The minimum atomic E-state index is -0.845. The third-order valence-electron chi connectivity index (χ3n) is 2.95. The second-order valence-electron chi connectivity index (χ2n) is 4.45. The number of nitrogens with one attached hydrogen (secondary N) is 1. The van der Waals surface area contributed by atoms with E-state index >= 15 is 0 Å². The zero-order valence-corrected chi connectivity index (χ0v) is 10.1. The van der Waals surface area contributed by atoms with Crippen molar-refractivity contribution in [3.05, 3.63) is 24.0 Å². The molecule has 0 saturated carbocycles. The molecular weight excluding hydrogens is 234 g/mol. The van der Waals surface area contributed by atoms with E-state index in [1.807, 2.05) is 13.0 Å². The van der Waals surface area contributed by atoms with E-state index < -0.39 is 11.9 Å². The molecule has 2 heterocycles. The smallest absolute Gasteiger partial charge is 0.321 e. The summed E-state index contributed by atoms with van der Waals surface area (Å²) in [5.74, 6) is -1.30. The zero-order chi connectivity index (χ0) is 13.1. The SMILES string of the molecule is Cc1cncc(NC(=O)N2CCC(C(=O)O)C2)c1. The molecule has 1 aromatic heterocycles. The standard InChI is InChI=1S/C12H15N3O3/c1-8-4-10(6-13-5-8)14-12(18)15-3-2-9(7-15)11(16)17/h4-6,9H,2-3,7H2,1H3,(H,14,18)(H,16,17). The molecule has 6 heteroatoms. The van der Waals surface area contributed by atoms with E-state index in [2.05, 4.69) is 10.3 Å². The summed E-state index contributed by atoms with van der Waals surface area (Å²) in [6, 6.07) is 1.54. The number of urea groups is 1. The maximum absolute atomic E-state index is 11.9. The molecule has 2 N–H and O–H groups in total. The summed E-state index contributed by atoms with van der Waals surface area (Å²) in [4.78, 5) is 28.2. The number of hydrogen-bond donors (Lipinski definition) is 2. The van der Waals surface area contributed by atoms with E-state index in [0.717, 1.165) is 5.56 Å². The summed E-state index contributed by atoms with van der Waals surface area (Å²) in [6.45, 7) is 2.63. The van der Waals surface area contributed by atoms with E-state index in [9.17, 15) is 9.59 Å². The average molecular weight is 249 g/mol. The molecule has 1 fully saturated rings. The molecule has 1 aromatic rings. The number of carbonyl (C=O) groups excluding carboxylic acids is 1. The van der Waals surface area contributed by atoms with E-state index in [-0.39, 0.29) is 12.6 Å². The largest absolute Gasteiger partial charge is 0.481 e. The number of aliphatic carboxylic acids is 1. The van der Waals surface area contributed by atoms with Gasteiger partial charge in [-0.25, -0.2) is 4.79 Å². The Morgan fingerprint density at radius 1 is 1.50 bits per heavy atom. The molecule has 2 amide bonds. The van der Waals surface area contributed by atoms with Crippen LogP contribution in [0.15, 0.2) is 18.5 Å². The summed E-state index contributed by atoms with van der Waals surface area (Å²) < 4.78 is 0. The summed E-state index contributed by atoms with van der Waals surface area (Å²) in [7, 11) is 0. The third kappa shape index (κ3) is 2.77. The lowest BCUT2D eigenvalue weighted by Gasteiger charge is -2.16. The zero-order valence-electron chi connectivity index (χ0n) is 10.1. The van der Waals surface area contributed by atoms with Crippen molar-refractivity contribution in [2.45, 2.75) is 13.3 Å². The Labute approximate surface area is 105 Å². The second kappa shape index (κ2) is 5.03. The van der Waals surface area contributed by atoms with Crippen molar-refractivity contribution in [1.82, 2.24) is 9.88 Å². The van der Waals surface area contributed by atoms with Gasteiger partial charge >= 0.3 is 12.0 Å². The Bertz CT molecular complexity index is 475. The molecule has 1 aliphatic rings. The minimum absolute atomic E-state index is 0.264. The van der Waals surface area contributed by atoms with E-state index in [1.165, 1.54) is 4.90 Å². The average Bonchev–Trinajstić information content (AvgIpc) is 2.78. The van der Waals surface area contributed by atoms with Gasteiger partial charge in [0.15, 0.2) is 0 Å². The van der Waals surface area contributed by atoms with Crippen molar-refractivity contribution >= 4 is 17.7 Å². The van der Waals surface area contributed by atoms with Crippen LogP contribution in [0.4, 0.5) is 10.5 Å². The number of carboxylic acid groups (broad SMARTS) is 1. The van der Waals surface area contributed by atoms with Gasteiger partial charge in [0.05, 0.1) is 17.8 Å². The highest BCUT2D eigenvalue weighted by atomic mass is 16.4. The van der Waals surface area contributed by atoms with Gasteiger partial charge in [0.25, 0.3) is 0 Å². The minimum Gasteiger partial charge on any atom is -0.481 e. The van der Waals surface area contributed by atoms with Crippen molar-refractivity contribution in [2.75, 3.05) is 18.4 Å². The molecule has 1 aliphatic heterocycles. The molecule has 18 heavy (non-hydrogen) atoms. The summed E-state index contributed by atoms with van der Waals surface area (Å²) >= 11 is 0. The highest BCUT2D eigenvalue weighted by Crippen LogP contribution is 2.17. The van der Waals surface area contributed by atoms with Crippen LogP contribution in [0.5, 0.6) is 0 Å². The van der Waals surface area contributed by atoms with Gasteiger partial charge in [-0.3, -0.25) is 9.78 Å². The Morgan fingerprint density at radius 2 is 2.28 bits per heavy atom. The number of amides is 2. The maximum Gasteiger partial charge on any atom is 0.321 e. The molecule has 0 aliphatic carbocycles. The van der Waals surface area contributed by atoms with Gasteiger partial charge in [0, 0.05) is 19.3 Å². The Balaban J connectivity index is 1.95. The van der Waals surface area contributed by atoms with Crippen LogP contribution in [0.25, 0.3) is 0 Å². The molecule has 0 bridgehead atoms. The number of likely N-dealkylation sites (tertiary alicyclic amines) is 1. The van der Waals surface area contributed by atoms with Gasteiger partial charge in [-0.1, -0.05) is 0 Å². The molecule has 2 rings (SSSR count). The molecule has 0 radical (unpaired) electrons. The monoisotopic (exact) mass is 249 g/mol. The number of carboxylic acids is 1. The predicted octanol–water partition coefficient (Wildman–Crippen LogP) is 1.33. The maximum atomic E-state index is 11.9. The molecule has 0 aromatic carbocycles. The van der Waals surface area contributed by atoms with Crippen molar-refractivity contribution in [1.29, 1.82) is 0 Å². The quantitative estimate of drug-likeness (QED) is 0.828. The fraction of sp³-hybridized carbons (Fsp3) is 0.417. The van der Waals surface area contributed by atoms with Crippen molar-refractivity contribution in [3.63, 3.8) is 0 Å². The number of pyridine rings is 1. The number of rotatable bonds is 2. The molecule has 1 unspecified atom stereocenters.